The fourth-order valence-electron chi connectivity index (χ4n) is 2.77. The molecule has 1 heterocycles. The second-order valence-corrected chi connectivity index (χ2v) is 8.09. The maximum atomic E-state index is 12.9. The van der Waals surface area contributed by atoms with E-state index in [2.05, 4.69) is 5.32 Å². The van der Waals surface area contributed by atoms with Crippen LogP contribution in [0.4, 0.5) is 5.69 Å². The molecule has 0 aliphatic carbocycles. The molecule has 0 aromatic heterocycles. The Kier molecular flexibility index (Phi) is 6.12. The van der Waals surface area contributed by atoms with Gasteiger partial charge in [-0.25, -0.2) is 8.42 Å². The Balaban J connectivity index is 2.28. The van der Waals surface area contributed by atoms with E-state index < -0.39 is 21.0 Å². The fourth-order valence-corrected chi connectivity index (χ4v) is 4.43. The summed E-state index contributed by atoms with van der Waals surface area (Å²) in [7, 11) is -3.89. The van der Waals surface area contributed by atoms with Crippen molar-refractivity contribution in [3.63, 3.8) is 0 Å². The molecule has 1 amide bonds. The van der Waals surface area contributed by atoms with Gasteiger partial charge in [-0.05, 0) is 38.3 Å². The Hall–Kier alpha value is -2.00. The quantitative estimate of drug-likeness (QED) is 0.609. The van der Waals surface area contributed by atoms with Crippen LogP contribution < -0.4 is 5.32 Å². The van der Waals surface area contributed by atoms with E-state index in [9.17, 15) is 23.3 Å². The summed E-state index contributed by atoms with van der Waals surface area (Å²) in [6.07, 6.45) is 2.69. The lowest BCUT2D eigenvalue weighted by molar-refractivity contribution is -0.384. The van der Waals surface area contributed by atoms with Gasteiger partial charge in [0.2, 0.25) is 15.9 Å². The molecule has 0 bridgehead atoms. The predicted octanol–water partition coefficient (Wildman–Crippen LogP) is 2.05. The van der Waals surface area contributed by atoms with Crippen molar-refractivity contribution in [1.29, 1.82) is 0 Å². The molecule has 8 nitrogen and oxygen atoms in total. The molecule has 9 heteroatoms. The number of non-ortho nitro benzene ring substituents is 1. The molecule has 2 atom stereocenters. The third-order valence-corrected chi connectivity index (χ3v) is 6.33. The first kappa shape index (κ1) is 19.3. The van der Waals surface area contributed by atoms with E-state index in [0.29, 0.717) is 12.8 Å². The number of sulfonamides is 1. The maximum absolute atomic E-state index is 12.9. The second kappa shape index (κ2) is 7.92. The van der Waals surface area contributed by atoms with E-state index in [1.54, 1.807) is 0 Å². The fraction of sp³-hybridized carbons (Fsp3) is 0.562. The average Bonchev–Trinajstić information content (AvgIpc) is 2.61. The topological polar surface area (TPSA) is 110 Å². The molecule has 0 unspecified atom stereocenters. The number of carbonyl (C=O) groups excluding carboxylic acids is 1. The van der Waals surface area contributed by atoms with Gasteiger partial charge >= 0.3 is 0 Å². The number of benzene rings is 1. The van der Waals surface area contributed by atoms with Crippen molar-refractivity contribution in [3.8, 4) is 0 Å². The van der Waals surface area contributed by atoms with Crippen LogP contribution in [-0.2, 0) is 14.8 Å². The van der Waals surface area contributed by atoms with E-state index in [0.717, 1.165) is 25.0 Å². The Bertz CT molecular complexity index is 733. The Morgan fingerprint density at radius 1 is 1.36 bits per heavy atom. The Morgan fingerprint density at radius 2 is 2.00 bits per heavy atom. The molecule has 25 heavy (non-hydrogen) atoms. The van der Waals surface area contributed by atoms with E-state index in [1.807, 2.05) is 13.8 Å². The molecule has 1 saturated heterocycles. The molecule has 1 aliphatic rings. The number of rotatable bonds is 6. The summed E-state index contributed by atoms with van der Waals surface area (Å²) in [6.45, 7) is 4.07. The van der Waals surface area contributed by atoms with Crippen LogP contribution in [0.25, 0.3) is 0 Å². The number of nitro groups is 1. The molecule has 1 aliphatic heterocycles. The van der Waals surface area contributed by atoms with Gasteiger partial charge < -0.3 is 5.32 Å². The van der Waals surface area contributed by atoms with Crippen molar-refractivity contribution < 1.29 is 18.1 Å². The molecule has 0 saturated carbocycles. The number of nitrogens with zero attached hydrogens (tertiary/aromatic N) is 2. The second-order valence-electron chi connectivity index (χ2n) is 6.20. The summed E-state index contributed by atoms with van der Waals surface area (Å²) in [5, 5.41) is 13.6. The molecule has 1 aromatic rings. The molecule has 0 spiro atoms. The van der Waals surface area contributed by atoms with Gasteiger partial charge in [0.25, 0.3) is 5.69 Å². The van der Waals surface area contributed by atoms with E-state index in [4.69, 9.17) is 0 Å². The summed E-state index contributed by atoms with van der Waals surface area (Å²) in [5.74, 6) is -0.292. The summed E-state index contributed by atoms with van der Waals surface area (Å²) in [6, 6.07) is 3.97. The Morgan fingerprint density at radius 3 is 2.56 bits per heavy atom. The average molecular weight is 369 g/mol. The van der Waals surface area contributed by atoms with Crippen molar-refractivity contribution >= 4 is 21.6 Å². The number of hydrogen-bond acceptors (Lipinski definition) is 5. The van der Waals surface area contributed by atoms with Crippen molar-refractivity contribution in [3.05, 3.63) is 34.4 Å². The van der Waals surface area contributed by atoms with E-state index in [1.165, 1.54) is 16.4 Å². The summed E-state index contributed by atoms with van der Waals surface area (Å²) < 4.78 is 27.0. The summed E-state index contributed by atoms with van der Waals surface area (Å²) in [4.78, 5) is 22.6. The zero-order chi connectivity index (χ0) is 18.6. The largest absolute Gasteiger partial charge is 0.352 e. The van der Waals surface area contributed by atoms with Gasteiger partial charge in [-0.3, -0.25) is 14.9 Å². The van der Waals surface area contributed by atoms with Crippen molar-refractivity contribution in [2.45, 2.75) is 56.5 Å². The third-order valence-electron chi connectivity index (χ3n) is 4.41. The highest BCUT2D eigenvalue weighted by Crippen LogP contribution is 2.26. The highest BCUT2D eigenvalue weighted by Gasteiger charge is 2.37. The predicted molar refractivity (Wildman–Crippen MR) is 92.5 cm³/mol. The molecule has 1 fully saturated rings. The molecule has 138 valence electrons. The summed E-state index contributed by atoms with van der Waals surface area (Å²) in [5.41, 5.74) is -0.177. The number of piperidine rings is 1. The number of amides is 1. The third kappa shape index (κ3) is 4.35. The molecule has 2 rings (SSSR count). The Labute approximate surface area is 147 Å². The highest BCUT2D eigenvalue weighted by molar-refractivity contribution is 7.89. The van der Waals surface area contributed by atoms with Crippen LogP contribution in [-0.4, -0.2) is 42.2 Å². The first-order chi connectivity index (χ1) is 11.8. The van der Waals surface area contributed by atoms with Gasteiger partial charge in [-0.15, -0.1) is 0 Å². The lowest BCUT2D eigenvalue weighted by atomic mass is 10.0. The van der Waals surface area contributed by atoms with Gasteiger partial charge in [-0.1, -0.05) is 13.3 Å². The van der Waals surface area contributed by atoms with Crippen molar-refractivity contribution in [2.24, 2.45) is 0 Å². The van der Waals surface area contributed by atoms with Gasteiger partial charge in [-0.2, -0.15) is 4.31 Å². The SMILES string of the molecule is CC[C@@H](C)NC(=O)[C@@H]1CCCCN1S(=O)(=O)c1ccc([N+](=O)[O-])cc1. The monoisotopic (exact) mass is 369 g/mol. The molecule has 0 radical (unpaired) electrons. The van der Waals surface area contributed by atoms with E-state index >= 15 is 0 Å². The number of nitro benzene ring substituents is 1. The first-order valence-electron chi connectivity index (χ1n) is 8.34. The zero-order valence-electron chi connectivity index (χ0n) is 14.3. The van der Waals surface area contributed by atoms with Crippen LogP contribution in [0.3, 0.4) is 0 Å². The minimum absolute atomic E-state index is 0.0293. The standard InChI is InChI=1S/C16H23N3O5S/c1-3-12(2)17-16(20)15-6-4-5-11-18(15)25(23,24)14-9-7-13(8-10-14)19(21)22/h7-10,12,15H,3-6,11H2,1-2H3,(H,17,20)/t12-,15+/m1/s1. The van der Waals surface area contributed by atoms with Crippen LogP contribution in [0, 0.1) is 10.1 Å². The summed E-state index contributed by atoms with van der Waals surface area (Å²) >= 11 is 0. The van der Waals surface area contributed by atoms with Gasteiger partial charge in [0.15, 0.2) is 0 Å². The maximum Gasteiger partial charge on any atom is 0.269 e. The van der Waals surface area contributed by atoms with Crippen LogP contribution >= 0.6 is 0 Å². The zero-order valence-corrected chi connectivity index (χ0v) is 15.2. The minimum atomic E-state index is -3.89. The molecule has 1 N–H and O–H groups in total. The normalized spacial score (nSPS) is 20.0. The lowest BCUT2D eigenvalue weighted by Gasteiger charge is -2.34. The van der Waals surface area contributed by atoms with Gasteiger partial charge in [0.05, 0.1) is 9.82 Å². The molecular weight excluding hydrogens is 346 g/mol. The molecule has 1 aromatic carbocycles. The number of carbonyl (C=O) groups is 1. The smallest absolute Gasteiger partial charge is 0.269 e. The number of hydrogen-bond donors (Lipinski definition) is 1. The molecular formula is C16H23N3O5S. The number of nitrogens with one attached hydrogen (secondary N) is 1. The highest BCUT2D eigenvalue weighted by atomic mass is 32.2. The lowest BCUT2D eigenvalue weighted by Crippen LogP contribution is -2.53. The van der Waals surface area contributed by atoms with Crippen molar-refractivity contribution in [2.75, 3.05) is 6.54 Å². The van der Waals surface area contributed by atoms with Crippen LogP contribution in [0.5, 0.6) is 0 Å². The minimum Gasteiger partial charge on any atom is -0.352 e. The van der Waals surface area contributed by atoms with Gasteiger partial charge in [0.1, 0.15) is 6.04 Å². The van der Waals surface area contributed by atoms with Crippen LogP contribution in [0.15, 0.2) is 29.2 Å². The van der Waals surface area contributed by atoms with Gasteiger partial charge in [0, 0.05) is 24.7 Å². The first-order valence-corrected chi connectivity index (χ1v) is 9.78. The van der Waals surface area contributed by atoms with Crippen molar-refractivity contribution in [1.82, 2.24) is 9.62 Å². The van der Waals surface area contributed by atoms with Crippen LogP contribution in [0.1, 0.15) is 39.5 Å². The van der Waals surface area contributed by atoms with Crippen LogP contribution in [0.2, 0.25) is 0 Å². The van der Waals surface area contributed by atoms with E-state index in [-0.39, 0.29) is 29.1 Å².